The van der Waals surface area contributed by atoms with Gasteiger partial charge in [0.1, 0.15) is 6.04 Å². The summed E-state index contributed by atoms with van der Waals surface area (Å²) in [6.07, 6.45) is 7.58. The summed E-state index contributed by atoms with van der Waals surface area (Å²) in [5.74, 6) is 0.877. The van der Waals surface area contributed by atoms with E-state index >= 15 is 0 Å². The number of halogens is 2. The molecule has 158 valence electrons. The molecule has 1 aromatic carbocycles. The zero-order valence-corrected chi connectivity index (χ0v) is 18.7. The van der Waals surface area contributed by atoms with Gasteiger partial charge in [0.25, 0.3) is 0 Å². The van der Waals surface area contributed by atoms with Gasteiger partial charge in [0.15, 0.2) is 0 Å². The van der Waals surface area contributed by atoms with Gasteiger partial charge in [0.05, 0.1) is 0 Å². The van der Waals surface area contributed by atoms with Crippen molar-refractivity contribution in [2.45, 2.75) is 39.2 Å². The molecule has 0 saturated carbocycles. The van der Waals surface area contributed by atoms with E-state index in [9.17, 15) is 4.79 Å². The minimum Gasteiger partial charge on any atom is -0.341 e. The molecule has 1 atom stereocenters. The van der Waals surface area contributed by atoms with Crippen LogP contribution in [0.4, 0.5) is 0 Å². The van der Waals surface area contributed by atoms with Crippen LogP contribution in [0.5, 0.6) is 0 Å². The second kappa shape index (κ2) is 12.5. The van der Waals surface area contributed by atoms with Crippen molar-refractivity contribution in [1.82, 2.24) is 15.1 Å². The zero-order valence-electron chi connectivity index (χ0n) is 17.1. The number of piperidine rings is 1. The summed E-state index contributed by atoms with van der Waals surface area (Å²) in [5.41, 5.74) is 2.86. The molecular formula is C22H35Cl2N3O. The molecule has 3 rings (SSSR count). The van der Waals surface area contributed by atoms with Gasteiger partial charge in [-0.05, 0) is 63.2 Å². The van der Waals surface area contributed by atoms with Crippen molar-refractivity contribution in [3.8, 4) is 0 Å². The first-order chi connectivity index (χ1) is 12.7. The number of aryl methyl sites for hydroxylation is 1. The van der Waals surface area contributed by atoms with Crippen LogP contribution >= 0.6 is 24.8 Å². The van der Waals surface area contributed by atoms with Crippen LogP contribution in [-0.2, 0) is 11.2 Å². The molecule has 1 saturated heterocycles. The summed E-state index contributed by atoms with van der Waals surface area (Å²) in [4.78, 5) is 17.2. The molecule has 2 heterocycles. The van der Waals surface area contributed by atoms with Crippen LogP contribution in [0.2, 0.25) is 0 Å². The summed E-state index contributed by atoms with van der Waals surface area (Å²) in [5, 5.41) is 3.24. The van der Waals surface area contributed by atoms with Crippen LogP contribution in [-0.4, -0.2) is 61.0 Å². The lowest BCUT2D eigenvalue weighted by Gasteiger charge is -2.35. The van der Waals surface area contributed by atoms with Gasteiger partial charge in [0.2, 0.25) is 5.91 Å². The fourth-order valence-electron chi connectivity index (χ4n) is 4.08. The number of likely N-dealkylation sites (tertiary alicyclic amines) is 1. The van der Waals surface area contributed by atoms with Crippen molar-refractivity contribution in [1.29, 1.82) is 0 Å². The number of carbonyl (C=O) groups is 1. The third-order valence-corrected chi connectivity index (χ3v) is 5.89. The highest BCUT2D eigenvalue weighted by Gasteiger charge is 2.26. The minimum atomic E-state index is -0.107. The van der Waals surface area contributed by atoms with Gasteiger partial charge >= 0.3 is 0 Å². The van der Waals surface area contributed by atoms with Crippen LogP contribution in [0, 0.1) is 12.8 Å². The predicted octanol–water partition coefficient (Wildman–Crippen LogP) is 3.47. The Morgan fingerprint density at radius 1 is 1.21 bits per heavy atom. The van der Waals surface area contributed by atoms with E-state index in [0.29, 0.717) is 5.92 Å². The van der Waals surface area contributed by atoms with Crippen molar-refractivity contribution in [3.05, 3.63) is 47.5 Å². The Hall–Kier alpha value is -1.07. The molecule has 1 amide bonds. The number of carbonyl (C=O) groups excluding carboxylic acids is 1. The van der Waals surface area contributed by atoms with Crippen molar-refractivity contribution in [3.63, 3.8) is 0 Å². The molecule has 2 aliphatic rings. The summed E-state index contributed by atoms with van der Waals surface area (Å²) in [7, 11) is 0. The van der Waals surface area contributed by atoms with Crippen molar-refractivity contribution < 1.29 is 4.79 Å². The van der Waals surface area contributed by atoms with E-state index in [-0.39, 0.29) is 36.8 Å². The fraction of sp³-hybridized carbons (Fsp3) is 0.591. The average Bonchev–Trinajstić information content (AvgIpc) is 3.21. The Morgan fingerprint density at radius 3 is 2.54 bits per heavy atom. The summed E-state index contributed by atoms with van der Waals surface area (Å²) >= 11 is 0. The van der Waals surface area contributed by atoms with Gasteiger partial charge in [-0.2, -0.15) is 0 Å². The first-order valence-electron chi connectivity index (χ1n) is 10.1. The Bertz CT molecular complexity index is 630. The second-order valence-corrected chi connectivity index (χ2v) is 7.65. The van der Waals surface area contributed by atoms with E-state index in [1.165, 1.54) is 24.0 Å². The molecule has 1 N–H and O–H groups in total. The zero-order chi connectivity index (χ0) is 18.4. The minimum absolute atomic E-state index is 0. The van der Waals surface area contributed by atoms with Crippen LogP contribution in [0.3, 0.4) is 0 Å². The van der Waals surface area contributed by atoms with Crippen molar-refractivity contribution in [2.75, 3.05) is 39.3 Å². The lowest BCUT2D eigenvalue weighted by atomic mass is 9.95. The SMILES string of the molecule is CCN(CC1CCN(CCc2ccccc2C)CC1)C(=O)C1C=CCN1.Cl.Cl. The molecule has 1 aromatic rings. The summed E-state index contributed by atoms with van der Waals surface area (Å²) in [6.45, 7) is 10.3. The second-order valence-electron chi connectivity index (χ2n) is 7.65. The number of amides is 1. The van der Waals surface area contributed by atoms with E-state index in [0.717, 1.165) is 45.7 Å². The molecule has 1 unspecified atom stereocenters. The van der Waals surface area contributed by atoms with Gasteiger partial charge in [-0.25, -0.2) is 0 Å². The van der Waals surface area contributed by atoms with Gasteiger partial charge in [0, 0.05) is 26.2 Å². The van der Waals surface area contributed by atoms with Crippen LogP contribution < -0.4 is 5.32 Å². The molecule has 28 heavy (non-hydrogen) atoms. The average molecular weight is 428 g/mol. The van der Waals surface area contributed by atoms with Gasteiger partial charge in [-0.3, -0.25) is 10.1 Å². The van der Waals surface area contributed by atoms with Crippen molar-refractivity contribution in [2.24, 2.45) is 5.92 Å². The first kappa shape index (κ1) is 25.0. The Morgan fingerprint density at radius 2 is 1.93 bits per heavy atom. The molecule has 6 heteroatoms. The summed E-state index contributed by atoms with van der Waals surface area (Å²) in [6, 6.07) is 8.59. The fourth-order valence-corrected chi connectivity index (χ4v) is 4.08. The quantitative estimate of drug-likeness (QED) is 0.676. The third-order valence-electron chi connectivity index (χ3n) is 5.89. The molecule has 0 aliphatic carbocycles. The van der Waals surface area contributed by atoms with Crippen LogP contribution in [0.25, 0.3) is 0 Å². The third kappa shape index (κ3) is 6.77. The Balaban J connectivity index is 0.00000196. The highest BCUT2D eigenvalue weighted by Crippen LogP contribution is 2.20. The maximum Gasteiger partial charge on any atom is 0.243 e. The number of rotatable bonds is 7. The Kier molecular flexibility index (Phi) is 11.1. The number of nitrogens with zero attached hydrogens (tertiary/aromatic N) is 2. The van der Waals surface area contributed by atoms with Crippen LogP contribution in [0.1, 0.15) is 30.9 Å². The number of hydrogen-bond acceptors (Lipinski definition) is 3. The monoisotopic (exact) mass is 427 g/mol. The number of likely N-dealkylation sites (N-methyl/N-ethyl adjacent to an activating group) is 1. The molecule has 1 fully saturated rings. The molecular weight excluding hydrogens is 393 g/mol. The maximum absolute atomic E-state index is 12.6. The van der Waals surface area contributed by atoms with E-state index in [1.54, 1.807) is 0 Å². The smallest absolute Gasteiger partial charge is 0.243 e. The molecule has 0 bridgehead atoms. The lowest BCUT2D eigenvalue weighted by molar-refractivity contribution is -0.132. The van der Waals surface area contributed by atoms with E-state index in [1.807, 2.05) is 17.1 Å². The summed E-state index contributed by atoms with van der Waals surface area (Å²) < 4.78 is 0. The van der Waals surface area contributed by atoms with Gasteiger partial charge in [-0.1, -0.05) is 36.4 Å². The Labute approximate surface area is 182 Å². The molecule has 0 aromatic heterocycles. The number of benzene rings is 1. The van der Waals surface area contributed by atoms with E-state index < -0.39 is 0 Å². The lowest BCUT2D eigenvalue weighted by Crippen LogP contribution is -2.47. The van der Waals surface area contributed by atoms with Crippen molar-refractivity contribution >= 4 is 30.7 Å². The number of hydrogen-bond donors (Lipinski definition) is 1. The largest absolute Gasteiger partial charge is 0.341 e. The standard InChI is InChI=1S/C22H33N3O.2ClH/c1-3-25(22(26)21-9-6-13-23-21)17-19-10-14-24(15-11-19)16-12-20-8-5-4-7-18(20)2;;/h4-9,19,21,23H,3,10-17H2,1-2H3;2*1H. The molecule has 2 aliphatic heterocycles. The predicted molar refractivity (Wildman–Crippen MR) is 122 cm³/mol. The normalized spacial score (nSPS) is 19.7. The van der Waals surface area contributed by atoms with Gasteiger partial charge in [-0.15, -0.1) is 24.8 Å². The van der Waals surface area contributed by atoms with E-state index in [2.05, 4.69) is 48.3 Å². The molecule has 0 spiro atoms. The number of nitrogens with one attached hydrogen (secondary N) is 1. The maximum atomic E-state index is 12.6. The highest BCUT2D eigenvalue weighted by atomic mass is 35.5. The molecule has 4 nitrogen and oxygen atoms in total. The topological polar surface area (TPSA) is 35.6 Å². The van der Waals surface area contributed by atoms with Gasteiger partial charge < -0.3 is 9.80 Å². The van der Waals surface area contributed by atoms with E-state index in [4.69, 9.17) is 0 Å². The van der Waals surface area contributed by atoms with Crippen LogP contribution in [0.15, 0.2) is 36.4 Å². The first-order valence-corrected chi connectivity index (χ1v) is 10.1. The molecule has 0 radical (unpaired) electrons. The highest BCUT2D eigenvalue weighted by molar-refractivity contribution is 5.85.